The van der Waals surface area contributed by atoms with Gasteiger partial charge in [-0.15, -0.1) is 0 Å². The summed E-state index contributed by atoms with van der Waals surface area (Å²) in [5.41, 5.74) is 7.48. The number of benzene rings is 2. The van der Waals surface area contributed by atoms with E-state index in [1.165, 1.54) is 14.2 Å². The van der Waals surface area contributed by atoms with Gasteiger partial charge in [-0.3, -0.25) is 4.57 Å². The third-order valence-electron chi connectivity index (χ3n) is 5.26. The number of nitrogens with zero attached hydrogens (tertiary/aromatic N) is 1. The number of aliphatic hydroxyl groups excluding tert-OH is 1. The van der Waals surface area contributed by atoms with Crippen LogP contribution in [0.4, 0.5) is 5.69 Å². The lowest BCUT2D eigenvalue weighted by atomic mass is 9.84. The molecule has 0 saturated carbocycles. The lowest BCUT2D eigenvalue weighted by molar-refractivity contribution is -0.238. The number of rotatable bonds is 4. The molecule has 8 heteroatoms. The lowest BCUT2D eigenvalue weighted by Gasteiger charge is -2.46. The molecule has 7 nitrogen and oxygen atoms in total. The molecule has 0 bridgehead atoms. The summed E-state index contributed by atoms with van der Waals surface area (Å²) in [6, 6.07) is 12.2. The van der Waals surface area contributed by atoms with Gasteiger partial charge in [-0.05, 0) is 49.5 Å². The van der Waals surface area contributed by atoms with Gasteiger partial charge in [0, 0.05) is 25.5 Å². The molecule has 3 aromatic rings. The van der Waals surface area contributed by atoms with Crippen LogP contribution in [-0.2, 0) is 9.47 Å². The zero-order valence-corrected chi connectivity index (χ0v) is 16.6. The van der Waals surface area contributed by atoms with Gasteiger partial charge in [0.25, 0.3) is 4.84 Å². The summed E-state index contributed by atoms with van der Waals surface area (Å²) < 4.78 is 24.6. The zero-order valence-electron chi connectivity index (χ0n) is 15.8. The Labute approximate surface area is 167 Å². The molecule has 3 atom stereocenters. The number of aromatic nitrogens is 1. The Morgan fingerprint density at radius 2 is 1.93 bits per heavy atom. The van der Waals surface area contributed by atoms with Crippen LogP contribution in [-0.4, -0.2) is 41.9 Å². The second-order valence-electron chi connectivity index (χ2n) is 6.98. The van der Waals surface area contributed by atoms with Crippen molar-refractivity contribution in [3.05, 3.63) is 52.9 Å². The average molecular weight is 402 g/mol. The summed E-state index contributed by atoms with van der Waals surface area (Å²) in [7, 11) is 3.00. The molecule has 4 rings (SSSR count). The molecule has 0 saturated heterocycles. The van der Waals surface area contributed by atoms with Crippen molar-refractivity contribution in [2.75, 3.05) is 20.0 Å². The highest BCUT2D eigenvalue weighted by Crippen LogP contribution is 2.46. The molecule has 0 fully saturated rings. The van der Waals surface area contributed by atoms with Gasteiger partial charge in [0.15, 0.2) is 17.5 Å². The van der Waals surface area contributed by atoms with E-state index in [-0.39, 0.29) is 4.84 Å². The molecule has 0 radical (unpaired) electrons. The SMILES string of the molecule is COC(OC)[C@@]1(C)Oc2ccc(N)cc2[C@@H](n2c(=S)oc3ccccc32)[C@@H]1O. The van der Waals surface area contributed by atoms with E-state index in [4.69, 9.17) is 36.6 Å². The fourth-order valence-corrected chi connectivity index (χ4v) is 4.25. The summed E-state index contributed by atoms with van der Waals surface area (Å²) in [5, 5.41) is 11.5. The van der Waals surface area contributed by atoms with Crippen molar-refractivity contribution < 1.29 is 23.7 Å². The summed E-state index contributed by atoms with van der Waals surface area (Å²) in [4.78, 5) is 0.245. The number of methoxy groups -OCH3 is 2. The van der Waals surface area contributed by atoms with Crippen LogP contribution in [0.5, 0.6) is 5.75 Å². The molecule has 0 unspecified atom stereocenters. The third-order valence-corrected chi connectivity index (χ3v) is 5.54. The highest BCUT2D eigenvalue weighted by Gasteiger charge is 2.53. The van der Waals surface area contributed by atoms with Gasteiger partial charge in [-0.1, -0.05) is 12.1 Å². The zero-order chi connectivity index (χ0) is 20.1. The first kappa shape index (κ1) is 18.9. The van der Waals surface area contributed by atoms with Crippen LogP contribution in [0.15, 0.2) is 46.9 Å². The molecule has 0 aliphatic carbocycles. The highest BCUT2D eigenvalue weighted by atomic mass is 32.1. The normalized spacial score (nSPS) is 24.3. The Hall–Kier alpha value is -2.39. The minimum Gasteiger partial charge on any atom is -0.479 e. The molecule has 3 N–H and O–H groups in total. The predicted molar refractivity (Wildman–Crippen MR) is 107 cm³/mol. The van der Waals surface area contributed by atoms with Crippen LogP contribution in [0.25, 0.3) is 11.1 Å². The Balaban J connectivity index is 2.00. The maximum Gasteiger partial charge on any atom is 0.270 e. The molecule has 0 amide bonds. The Bertz CT molecular complexity index is 1070. The quantitative estimate of drug-likeness (QED) is 0.393. The summed E-state index contributed by atoms with van der Waals surface area (Å²) >= 11 is 5.50. The maximum atomic E-state index is 11.5. The summed E-state index contributed by atoms with van der Waals surface area (Å²) in [5.74, 6) is 0.568. The van der Waals surface area contributed by atoms with Crippen LogP contribution < -0.4 is 10.5 Å². The monoisotopic (exact) mass is 402 g/mol. The largest absolute Gasteiger partial charge is 0.479 e. The van der Waals surface area contributed by atoms with Crippen LogP contribution in [0.1, 0.15) is 18.5 Å². The average Bonchev–Trinajstić information content (AvgIpc) is 3.00. The first-order valence-corrected chi connectivity index (χ1v) is 9.23. The van der Waals surface area contributed by atoms with Crippen molar-refractivity contribution in [1.29, 1.82) is 0 Å². The van der Waals surface area contributed by atoms with Gasteiger partial charge < -0.3 is 29.5 Å². The number of anilines is 1. The smallest absolute Gasteiger partial charge is 0.270 e. The molecule has 1 aromatic heterocycles. The van der Waals surface area contributed by atoms with Crippen LogP contribution in [0, 0.1) is 4.84 Å². The topological polar surface area (TPSA) is 92.0 Å². The maximum absolute atomic E-state index is 11.5. The third kappa shape index (κ3) is 2.72. The van der Waals surface area contributed by atoms with Crippen molar-refractivity contribution in [3.63, 3.8) is 0 Å². The van der Waals surface area contributed by atoms with Crippen LogP contribution in [0.3, 0.4) is 0 Å². The molecular weight excluding hydrogens is 380 g/mol. The second kappa shape index (κ2) is 6.89. The summed E-state index contributed by atoms with van der Waals surface area (Å²) in [6.07, 6.45) is -1.89. The van der Waals surface area contributed by atoms with Crippen molar-refractivity contribution in [2.45, 2.75) is 31.0 Å². The van der Waals surface area contributed by atoms with E-state index in [0.717, 1.165) is 5.52 Å². The number of oxazole rings is 1. The van der Waals surface area contributed by atoms with Crippen LogP contribution >= 0.6 is 12.2 Å². The van der Waals surface area contributed by atoms with Crippen molar-refractivity contribution in [3.8, 4) is 5.75 Å². The van der Waals surface area contributed by atoms with Gasteiger partial charge in [0.2, 0.25) is 0 Å². The number of nitrogens with two attached hydrogens (primary N) is 1. The van der Waals surface area contributed by atoms with Crippen molar-refractivity contribution >= 4 is 29.0 Å². The van der Waals surface area contributed by atoms with E-state index in [1.807, 2.05) is 24.3 Å². The van der Waals surface area contributed by atoms with Crippen molar-refractivity contribution in [2.24, 2.45) is 0 Å². The molecule has 1 aliphatic rings. The number of ether oxygens (including phenoxy) is 3. The molecule has 28 heavy (non-hydrogen) atoms. The Morgan fingerprint density at radius 3 is 2.64 bits per heavy atom. The number of nitrogen functional groups attached to an aromatic ring is 1. The molecule has 2 heterocycles. The minimum atomic E-state index is -1.20. The fourth-order valence-electron chi connectivity index (χ4n) is 3.95. The Morgan fingerprint density at radius 1 is 1.21 bits per heavy atom. The number of hydrogen-bond acceptors (Lipinski definition) is 7. The number of hydrogen-bond donors (Lipinski definition) is 2. The van der Waals surface area contributed by atoms with Gasteiger partial charge in [-0.2, -0.15) is 0 Å². The molecule has 2 aromatic carbocycles. The first-order chi connectivity index (χ1) is 13.4. The second-order valence-corrected chi connectivity index (χ2v) is 7.33. The number of para-hydroxylation sites is 2. The van der Waals surface area contributed by atoms with E-state index in [9.17, 15) is 5.11 Å². The van der Waals surface area contributed by atoms with Crippen molar-refractivity contribution in [1.82, 2.24) is 4.57 Å². The Kier molecular flexibility index (Phi) is 4.67. The molecule has 0 spiro atoms. The number of aliphatic hydroxyl groups is 1. The van der Waals surface area contributed by atoms with E-state index in [0.29, 0.717) is 22.6 Å². The first-order valence-electron chi connectivity index (χ1n) is 8.83. The van der Waals surface area contributed by atoms with E-state index < -0.39 is 24.0 Å². The fraction of sp³-hybridized carbons (Fsp3) is 0.350. The van der Waals surface area contributed by atoms with E-state index in [2.05, 4.69) is 0 Å². The van der Waals surface area contributed by atoms with Gasteiger partial charge in [0.1, 0.15) is 11.9 Å². The predicted octanol–water partition coefficient (Wildman–Crippen LogP) is 3.27. The van der Waals surface area contributed by atoms with Gasteiger partial charge >= 0.3 is 0 Å². The van der Waals surface area contributed by atoms with Gasteiger partial charge in [0.05, 0.1) is 11.6 Å². The standard InChI is InChI=1S/C20H22N2O5S/c1-20(18(24-2)25-3)17(23)16(12-10-11(21)8-9-14(12)27-20)22-13-6-4-5-7-15(13)26-19(22)28/h4-10,16-18,23H,21H2,1-3H3/t16-,17+,20+/m1/s1. The highest BCUT2D eigenvalue weighted by molar-refractivity contribution is 7.71. The van der Waals surface area contributed by atoms with E-state index >= 15 is 0 Å². The molecule has 1 aliphatic heterocycles. The lowest BCUT2D eigenvalue weighted by Crippen LogP contribution is -2.60. The molecular formula is C20H22N2O5S. The van der Waals surface area contributed by atoms with Crippen LogP contribution in [0.2, 0.25) is 0 Å². The van der Waals surface area contributed by atoms with E-state index in [1.54, 1.807) is 29.7 Å². The summed E-state index contributed by atoms with van der Waals surface area (Å²) in [6.45, 7) is 1.74. The minimum absolute atomic E-state index is 0.245. The molecule has 148 valence electrons. The number of fused-ring (bicyclic) bond motifs is 2. The van der Waals surface area contributed by atoms with Gasteiger partial charge in [-0.25, -0.2) is 0 Å².